The number of β-amino-alcohol motifs (C(OH)–C–C–N with tert-alkyl or cyclic N) is 1. The molecule has 2 aliphatic rings. The van der Waals surface area contributed by atoms with Crippen molar-refractivity contribution in [2.75, 3.05) is 62.1 Å². The highest BCUT2D eigenvalue weighted by Gasteiger charge is 2.21. The Labute approximate surface area is 157 Å². The molecule has 1 saturated heterocycles. The molecule has 2 aromatic rings. The summed E-state index contributed by atoms with van der Waals surface area (Å²) in [6.45, 7) is 5.13. The monoisotopic (exact) mass is 372 g/mol. The van der Waals surface area contributed by atoms with E-state index in [0.717, 1.165) is 49.1 Å². The molecular formula is C18H24N6O3. The summed E-state index contributed by atoms with van der Waals surface area (Å²) in [6, 6.07) is 5.84. The SMILES string of the molecule is Nc1c(NCc2ccc3c(c2)OCO3)ncnc1N1CCN(CCO)CC1. The normalized spacial score (nSPS) is 16.6. The second-order valence-corrected chi connectivity index (χ2v) is 6.55. The second-order valence-electron chi connectivity index (χ2n) is 6.55. The molecule has 0 spiro atoms. The number of anilines is 3. The third kappa shape index (κ3) is 3.83. The van der Waals surface area contributed by atoms with Gasteiger partial charge in [-0.25, -0.2) is 9.97 Å². The minimum Gasteiger partial charge on any atom is -0.454 e. The van der Waals surface area contributed by atoms with Crippen LogP contribution < -0.4 is 25.4 Å². The number of aliphatic hydroxyl groups excluding tert-OH is 1. The Morgan fingerprint density at radius 1 is 1.11 bits per heavy atom. The average molecular weight is 372 g/mol. The van der Waals surface area contributed by atoms with Gasteiger partial charge in [-0.3, -0.25) is 4.90 Å². The number of piperazine rings is 1. The molecule has 2 aliphatic heterocycles. The first kappa shape index (κ1) is 17.6. The van der Waals surface area contributed by atoms with E-state index in [0.29, 0.717) is 24.6 Å². The molecule has 0 bridgehead atoms. The molecule has 4 rings (SSSR count). The largest absolute Gasteiger partial charge is 0.454 e. The van der Waals surface area contributed by atoms with Gasteiger partial charge in [0.25, 0.3) is 0 Å². The smallest absolute Gasteiger partial charge is 0.231 e. The molecule has 1 aromatic carbocycles. The van der Waals surface area contributed by atoms with E-state index in [4.69, 9.17) is 20.3 Å². The number of nitrogens with zero attached hydrogens (tertiary/aromatic N) is 4. The first-order valence-electron chi connectivity index (χ1n) is 9.05. The lowest BCUT2D eigenvalue weighted by atomic mass is 10.2. The Kier molecular flexibility index (Phi) is 5.12. The molecule has 1 fully saturated rings. The summed E-state index contributed by atoms with van der Waals surface area (Å²) in [7, 11) is 0. The lowest BCUT2D eigenvalue weighted by Crippen LogP contribution is -2.47. The first-order valence-corrected chi connectivity index (χ1v) is 9.05. The van der Waals surface area contributed by atoms with E-state index in [1.807, 2.05) is 18.2 Å². The van der Waals surface area contributed by atoms with Gasteiger partial charge in [0.2, 0.25) is 6.79 Å². The fourth-order valence-electron chi connectivity index (χ4n) is 3.34. The van der Waals surface area contributed by atoms with Crippen LogP contribution >= 0.6 is 0 Å². The molecule has 3 heterocycles. The second kappa shape index (κ2) is 7.85. The number of ether oxygens (including phenoxy) is 2. The van der Waals surface area contributed by atoms with Crippen molar-refractivity contribution in [1.82, 2.24) is 14.9 Å². The topological polar surface area (TPSA) is 109 Å². The minimum absolute atomic E-state index is 0.184. The Morgan fingerprint density at radius 2 is 1.93 bits per heavy atom. The third-order valence-electron chi connectivity index (χ3n) is 4.85. The predicted molar refractivity (Wildman–Crippen MR) is 102 cm³/mol. The summed E-state index contributed by atoms with van der Waals surface area (Å²) in [6.07, 6.45) is 1.54. The van der Waals surface area contributed by atoms with Crippen molar-refractivity contribution in [3.63, 3.8) is 0 Å². The van der Waals surface area contributed by atoms with E-state index in [1.54, 1.807) is 0 Å². The average Bonchev–Trinajstić information content (AvgIpc) is 3.16. The maximum atomic E-state index is 9.07. The maximum absolute atomic E-state index is 9.07. The van der Waals surface area contributed by atoms with Gasteiger partial charge in [-0.05, 0) is 17.7 Å². The van der Waals surface area contributed by atoms with Gasteiger partial charge >= 0.3 is 0 Å². The summed E-state index contributed by atoms with van der Waals surface area (Å²) in [5.41, 5.74) is 7.94. The zero-order valence-corrected chi connectivity index (χ0v) is 15.1. The summed E-state index contributed by atoms with van der Waals surface area (Å²) in [4.78, 5) is 13.1. The molecule has 0 atom stereocenters. The number of aliphatic hydroxyl groups is 1. The minimum atomic E-state index is 0.184. The zero-order chi connectivity index (χ0) is 18.6. The van der Waals surface area contributed by atoms with E-state index in [-0.39, 0.29) is 13.4 Å². The molecule has 9 nitrogen and oxygen atoms in total. The fraction of sp³-hybridized carbons (Fsp3) is 0.444. The van der Waals surface area contributed by atoms with Gasteiger partial charge < -0.3 is 30.5 Å². The highest BCUT2D eigenvalue weighted by molar-refractivity contribution is 5.75. The molecule has 0 saturated carbocycles. The van der Waals surface area contributed by atoms with Gasteiger partial charge in [-0.2, -0.15) is 0 Å². The zero-order valence-electron chi connectivity index (χ0n) is 15.1. The fourth-order valence-corrected chi connectivity index (χ4v) is 3.34. The molecule has 1 aromatic heterocycles. The van der Waals surface area contributed by atoms with Gasteiger partial charge in [-0.1, -0.05) is 6.07 Å². The number of fused-ring (bicyclic) bond motifs is 1. The van der Waals surface area contributed by atoms with Crippen molar-refractivity contribution >= 4 is 17.3 Å². The van der Waals surface area contributed by atoms with Crippen LogP contribution in [0, 0.1) is 0 Å². The van der Waals surface area contributed by atoms with Crippen molar-refractivity contribution < 1.29 is 14.6 Å². The number of hydrogen-bond donors (Lipinski definition) is 3. The van der Waals surface area contributed by atoms with Crippen molar-refractivity contribution in [2.24, 2.45) is 0 Å². The number of nitrogens with two attached hydrogens (primary N) is 1. The number of nitrogen functional groups attached to an aromatic ring is 1. The summed E-state index contributed by atoms with van der Waals surface area (Å²) < 4.78 is 10.7. The predicted octanol–water partition coefficient (Wildman–Crippen LogP) is 0.514. The quantitative estimate of drug-likeness (QED) is 0.668. The highest BCUT2D eigenvalue weighted by Crippen LogP contribution is 2.33. The van der Waals surface area contributed by atoms with Gasteiger partial charge in [0.1, 0.15) is 12.0 Å². The Bertz CT molecular complexity index is 795. The van der Waals surface area contributed by atoms with Crippen LogP contribution in [0.25, 0.3) is 0 Å². The van der Waals surface area contributed by atoms with E-state index in [2.05, 4.69) is 25.1 Å². The highest BCUT2D eigenvalue weighted by atomic mass is 16.7. The molecular weight excluding hydrogens is 348 g/mol. The summed E-state index contributed by atoms with van der Waals surface area (Å²) in [5.74, 6) is 2.90. The Morgan fingerprint density at radius 3 is 2.74 bits per heavy atom. The molecule has 0 radical (unpaired) electrons. The first-order chi connectivity index (χ1) is 13.2. The molecule has 27 heavy (non-hydrogen) atoms. The molecule has 0 aliphatic carbocycles. The third-order valence-corrected chi connectivity index (χ3v) is 4.85. The van der Waals surface area contributed by atoms with E-state index in [9.17, 15) is 0 Å². The van der Waals surface area contributed by atoms with Crippen molar-refractivity contribution in [3.8, 4) is 11.5 Å². The molecule has 144 valence electrons. The van der Waals surface area contributed by atoms with Crippen LogP contribution in [0.15, 0.2) is 24.5 Å². The Balaban J connectivity index is 1.41. The van der Waals surface area contributed by atoms with Crippen molar-refractivity contribution in [3.05, 3.63) is 30.1 Å². The van der Waals surface area contributed by atoms with Crippen LogP contribution in [0.5, 0.6) is 11.5 Å². The molecule has 4 N–H and O–H groups in total. The van der Waals surface area contributed by atoms with Crippen molar-refractivity contribution in [1.29, 1.82) is 0 Å². The molecule has 9 heteroatoms. The van der Waals surface area contributed by atoms with Crippen LogP contribution in [0.3, 0.4) is 0 Å². The van der Waals surface area contributed by atoms with Gasteiger partial charge in [0.05, 0.1) is 6.61 Å². The van der Waals surface area contributed by atoms with Gasteiger partial charge in [0, 0.05) is 39.3 Å². The number of nitrogens with one attached hydrogen (secondary N) is 1. The van der Waals surface area contributed by atoms with E-state index < -0.39 is 0 Å². The van der Waals surface area contributed by atoms with Gasteiger partial charge in [-0.15, -0.1) is 0 Å². The number of hydrogen-bond acceptors (Lipinski definition) is 9. The van der Waals surface area contributed by atoms with E-state index in [1.165, 1.54) is 6.33 Å². The number of rotatable bonds is 6. The van der Waals surface area contributed by atoms with Gasteiger partial charge in [0.15, 0.2) is 23.1 Å². The van der Waals surface area contributed by atoms with Crippen LogP contribution in [0.1, 0.15) is 5.56 Å². The molecule has 0 unspecified atom stereocenters. The van der Waals surface area contributed by atoms with Crippen LogP contribution in [-0.4, -0.2) is 66.1 Å². The Hall–Kier alpha value is -2.78. The van der Waals surface area contributed by atoms with Crippen molar-refractivity contribution in [2.45, 2.75) is 6.54 Å². The number of benzene rings is 1. The lowest BCUT2D eigenvalue weighted by Gasteiger charge is -2.35. The maximum Gasteiger partial charge on any atom is 0.231 e. The van der Waals surface area contributed by atoms with Crippen LogP contribution in [0.4, 0.5) is 17.3 Å². The standard InChI is InChI=1S/C18H24N6O3/c19-16-17(20-10-13-1-2-14-15(9-13)27-12-26-14)21-11-22-18(16)24-5-3-23(4-6-24)7-8-25/h1-2,9,11,25H,3-8,10,12,19H2,(H,20,21,22). The molecule has 0 amide bonds. The van der Waals surface area contributed by atoms with Crippen LogP contribution in [-0.2, 0) is 6.54 Å². The summed E-state index contributed by atoms with van der Waals surface area (Å²) in [5, 5.41) is 12.4. The number of aromatic nitrogens is 2. The lowest BCUT2D eigenvalue weighted by molar-refractivity contribution is 0.174. The van der Waals surface area contributed by atoms with Crippen LogP contribution in [0.2, 0.25) is 0 Å². The van der Waals surface area contributed by atoms with E-state index >= 15 is 0 Å². The summed E-state index contributed by atoms with van der Waals surface area (Å²) >= 11 is 0.